The van der Waals surface area contributed by atoms with Crippen molar-refractivity contribution < 1.29 is 26.5 Å². The summed E-state index contributed by atoms with van der Waals surface area (Å²) in [5.41, 5.74) is 0. The van der Waals surface area contributed by atoms with E-state index in [1.807, 2.05) is 17.8 Å². The molecule has 0 rings (SSSR count). The van der Waals surface area contributed by atoms with Crippen LogP contribution in [-0.4, -0.2) is 6.61 Å². The summed E-state index contributed by atoms with van der Waals surface area (Å²) in [7, 11) is 0. The van der Waals surface area contributed by atoms with E-state index < -0.39 is 0 Å². The van der Waals surface area contributed by atoms with Gasteiger partial charge in [0.15, 0.2) is 0 Å². The van der Waals surface area contributed by atoms with Crippen LogP contribution in [0.3, 0.4) is 0 Å². The number of hydrogen-bond donors (Lipinski definition) is 0. The van der Waals surface area contributed by atoms with E-state index in [0.29, 0.717) is 6.61 Å². The van der Waals surface area contributed by atoms with Crippen LogP contribution in [0.15, 0.2) is 0 Å². The molecule has 0 aromatic carbocycles. The van der Waals surface area contributed by atoms with Gasteiger partial charge in [-0.1, -0.05) is 0 Å². The third kappa shape index (κ3) is 6.50. The third-order valence-electron chi connectivity index (χ3n) is 0.884. The van der Waals surface area contributed by atoms with Crippen molar-refractivity contribution in [3.05, 3.63) is 0 Å². The predicted molar refractivity (Wildman–Crippen MR) is 26.6 cm³/mol. The molecule has 0 aliphatic heterocycles. The van der Waals surface area contributed by atoms with Crippen LogP contribution in [0.4, 0.5) is 0 Å². The van der Waals surface area contributed by atoms with Crippen molar-refractivity contribution >= 4 is 0 Å². The molecule has 0 aliphatic rings. The molecule has 0 heterocycles. The molecule has 0 saturated heterocycles. The first kappa shape index (κ1) is 8.50. The van der Waals surface area contributed by atoms with Crippen molar-refractivity contribution in [2.24, 2.45) is 0 Å². The van der Waals surface area contributed by atoms with Gasteiger partial charge in [0, 0.05) is 0 Å². The zero-order chi connectivity index (χ0) is 6.24. The fourth-order valence-electron chi connectivity index (χ4n) is 0.448. The Labute approximate surface area is 59.8 Å². The minimum atomic E-state index is 0.711. The Kier molecular flexibility index (Phi) is 7.98. The van der Waals surface area contributed by atoms with E-state index in [9.17, 15) is 0 Å². The topological polar surface area (TPSA) is 18.5 Å². The maximum absolute atomic E-state index is 4.61. The van der Waals surface area contributed by atoms with Gasteiger partial charge in [-0.3, -0.25) is 0 Å². The molecule has 0 aromatic rings. The third-order valence-corrected chi connectivity index (χ3v) is 1.05. The molecular weight excluding hydrogens is 143 g/mol. The Balaban J connectivity index is 2.53. The van der Waals surface area contributed by atoms with Crippen molar-refractivity contribution in [3.8, 4) is 0 Å². The second-order valence-electron chi connectivity index (χ2n) is 1.60. The van der Waals surface area contributed by atoms with Crippen molar-refractivity contribution in [3.63, 3.8) is 0 Å². The minimum absolute atomic E-state index is 0.711. The SMILES string of the molecule is CCCCCO[O][V]. The van der Waals surface area contributed by atoms with Gasteiger partial charge in [-0.2, -0.15) is 0 Å². The van der Waals surface area contributed by atoms with E-state index in [0.717, 1.165) is 6.42 Å². The van der Waals surface area contributed by atoms with E-state index >= 15 is 0 Å². The number of unbranched alkanes of at least 4 members (excludes halogenated alkanes) is 2. The van der Waals surface area contributed by atoms with Gasteiger partial charge in [0.1, 0.15) is 0 Å². The molecular formula is C5H11O2V. The molecule has 2 nitrogen and oxygen atoms in total. The molecule has 0 aliphatic carbocycles. The summed E-state index contributed by atoms with van der Waals surface area (Å²) in [6.45, 7) is 2.87. The van der Waals surface area contributed by atoms with Crippen LogP contribution in [0.1, 0.15) is 26.2 Å². The van der Waals surface area contributed by atoms with Crippen LogP contribution in [-0.2, 0) is 26.5 Å². The summed E-state index contributed by atoms with van der Waals surface area (Å²) in [5.74, 6) is 0. The molecule has 0 fully saturated rings. The van der Waals surface area contributed by atoms with Gasteiger partial charge < -0.3 is 0 Å². The van der Waals surface area contributed by atoms with Gasteiger partial charge in [-0.05, 0) is 0 Å². The fourth-order valence-corrected chi connectivity index (χ4v) is 0.565. The molecule has 0 aromatic heterocycles. The van der Waals surface area contributed by atoms with Gasteiger partial charge in [0.05, 0.1) is 0 Å². The molecule has 8 heavy (non-hydrogen) atoms. The van der Waals surface area contributed by atoms with Crippen molar-refractivity contribution in [1.29, 1.82) is 0 Å². The van der Waals surface area contributed by atoms with Crippen molar-refractivity contribution in [2.75, 3.05) is 6.61 Å². The fraction of sp³-hybridized carbons (Fsp3) is 1.00. The summed E-state index contributed by atoms with van der Waals surface area (Å²) in [4.78, 5) is 4.61. The standard InChI is InChI=1S/C5H12O2.V/c1-2-3-4-5-7-6;/h6H,2-5H2,1H3;/q;+1/p-1. The summed E-state index contributed by atoms with van der Waals surface area (Å²) in [5, 5.41) is 0. The summed E-state index contributed by atoms with van der Waals surface area (Å²) < 4.78 is 4.33. The first-order valence-electron chi connectivity index (χ1n) is 2.85. The van der Waals surface area contributed by atoms with Gasteiger partial charge >= 0.3 is 59.3 Å². The van der Waals surface area contributed by atoms with Gasteiger partial charge in [0.2, 0.25) is 0 Å². The molecule has 0 unspecified atom stereocenters. The zero-order valence-corrected chi connectivity index (χ0v) is 6.49. The molecule has 0 amide bonds. The van der Waals surface area contributed by atoms with Crippen LogP contribution in [0.2, 0.25) is 0 Å². The first-order valence-corrected chi connectivity index (χ1v) is 3.42. The molecule has 0 atom stereocenters. The van der Waals surface area contributed by atoms with Crippen LogP contribution < -0.4 is 0 Å². The van der Waals surface area contributed by atoms with Crippen LogP contribution >= 0.6 is 0 Å². The zero-order valence-electron chi connectivity index (χ0n) is 5.09. The molecule has 0 saturated carbocycles. The summed E-state index contributed by atoms with van der Waals surface area (Å²) >= 11 is 1.92. The average Bonchev–Trinajstić information content (AvgIpc) is 1.81. The maximum atomic E-state index is 4.61. The van der Waals surface area contributed by atoms with Gasteiger partial charge in [-0.15, -0.1) is 0 Å². The molecule has 0 spiro atoms. The molecule has 3 heteroatoms. The molecule has 48 valence electrons. The number of hydrogen-bond acceptors (Lipinski definition) is 2. The Morgan fingerprint density at radius 2 is 2.12 bits per heavy atom. The van der Waals surface area contributed by atoms with Gasteiger partial charge in [0.25, 0.3) is 0 Å². The Morgan fingerprint density at radius 3 is 2.62 bits per heavy atom. The van der Waals surface area contributed by atoms with E-state index in [4.69, 9.17) is 0 Å². The van der Waals surface area contributed by atoms with E-state index in [1.54, 1.807) is 0 Å². The molecule has 0 radical (unpaired) electrons. The van der Waals surface area contributed by atoms with Crippen molar-refractivity contribution in [2.45, 2.75) is 26.2 Å². The van der Waals surface area contributed by atoms with E-state index in [1.165, 1.54) is 12.8 Å². The average molecular weight is 154 g/mol. The van der Waals surface area contributed by atoms with Crippen LogP contribution in [0, 0.1) is 0 Å². The molecule has 0 N–H and O–H groups in total. The molecule has 0 bridgehead atoms. The van der Waals surface area contributed by atoms with Gasteiger partial charge in [-0.25, -0.2) is 0 Å². The second kappa shape index (κ2) is 7.50. The normalized spacial score (nSPS) is 9.62. The summed E-state index contributed by atoms with van der Waals surface area (Å²) in [6, 6.07) is 0. The van der Waals surface area contributed by atoms with Crippen LogP contribution in [0.25, 0.3) is 0 Å². The Bertz CT molecular complexity index is 35.4. The summed E-state index contributed by atoms with van der Waals surface area (Å²) in [6.07, 6.45) is 3.53. The number of rotatable bonds is 5. The predicted octanol–water partition coefficient (Wildman–Crippen LogP) is 1.59. The van der Waals surface area contributed by atoms with Crippen LogP contribution in [0.5, 0.6) is 0 Å². The van der Waals surface area contributed by atoms with Crippen molar-refractivity contribution in [1.82, 2.24) is 0 Å². The second-order valence-corrected chi connectivity index (χ2v) is 1.84. The Hall–Kier alpha value is 0.504. The monoisotopic (exact) mass is 154 g/mol. The first-order chi connectivity index (χ1) is 3.91. The Morgan fingerprint density at radius 1 is 1.38 bits per heavy atom. The van der Waals surface area contributed by atoms with E-state index in [2.05, 4.69) is 15.6 Å². The van der Waals surface area contributed by atoms with E-state index in [-0.39, 0.29) is 0 Å². The quantitative estimate of drug-likeness (QED) is 0.340.